The summed E-state index contributed by atoms with van der Waals surface area (Å²) in [4.78, 5) is 2.24. The number of benzene rings is 5. The van der Waals surface area contributed by atoms with Gasteiger partial charge in [-0.15, -0.1) is 0 Å². The Morgan fingerprint density at radius 3 is 1.62 bits per heavy atom. The Morgan fingerprint density at radius 2 is 1.00 bits per heavy atom. The van der Waals surface area contributed by atoms with Crippen molar-refractivity contribution in [2.24, 2.45) is 0 Å². The predicted molar refractivity (Wildman–Crippen MR) is 141 cm³/mol. The van der Waals surface area contributed by atoms with E-state index in [0.29, 0.717) is 13.4 Å². The van der Waals surface area contributed by atoms with Crippen LogP contribution >= 0.6 is 0 Å². The Kier molecular flexibility index (Phi) is 6.41. The summed E-state index contributed by atoms with van der Waals surface area (Å²) in [7, 11) is 0.694. The molecule has 0 heterocycles. The summed E-state index contributed by atoms with van der Waals surface area (Å²) in [6.45, 7) is 0. The lowest BCUT2D eigenvalue weighted by molar-refractivity contribution is 0.454. The van der Waals surface area contributed by atoms with Gasteiger partial charge < -0.3 is 14.6 Å². The number of hydrogen-bond acceptors (Lipinski definition) is 3. The van der Waals surface area contributed by atoms with E-state index in [1.165, 1.54) is 11.1 Å². The van der Waals surface area contributed by atoms with Crippen molar-refractivity contribution < 1.29 is 9.68 Å². The average Bonchev–Trinajstić information content (AvgIpc) is 2.92. The van der Waals surface area contributed by atoms with Gasteiger partial charge in [0.1, 0.15) is 5.75 Å². The van der Waals surface area contributed by atoms with Crippen LogP contribution in [0.15, 0.2) is 133 Å². The number of para-hydroxylation sites is 1. The van der Waals surface area contributed by atoms with Gasteiger partial charge in [-0.3, -0.25) is 0 Å². The molecule has 3 nitrogen and oxygen atoms in total. The molecule has 0 saturated heterocycles. The molecule has 0 spiro atoms. The van der Waals surface area contributed by atoms with Crippen molar-refractivity contribution in [1.82, 2.24) is 0 Å². The van der Waals surface area contributed by atoms with Gasteiger partial charge in [0.15, 0.2) is 0 Å². The Labute approximate surface area is 200 Å². The maximum Gasteiger partial charge on any atom is 0.569 e. The highest BCUT2D eigenvalue weighted by Gasteiger charge is 2.17. The van der Waals surface area contributed by atoms with Crippen molar-refractivity contribution in [1.29, 1.82) is 0 Å². The summed E-state index contributed by atoms with van der Waals surface area (Å²) in [6, 6.07) is 45.5. The van der Waals surface area contributed by atoms with E-state index in [4.69, 9.17) is 9.68 Å². The van der Waals surface area contributed by atoms with E-state index in [9.17, 15) is 0 Å². The fourth-order valence-corrected chi connectivity index (χ4v) is 4.13. The van der Waals surface area contributed by atoms with Gasteiger partial charge in [-0.05, 0) is 59.2 Å². The molecule has 0 amide bonds. The zero-order valence-electron chi connectivity index (χ0n) is 18.6. The quantitative estimate of drug-likeness (QED) is 0.268. The SMILES string of the molecule is O[B]Oc1ccc(N(c2ccc(-c3ccccc3)cc2)c2ccccc2-c2ccccc2)cc1. The molecule has 0 fully saturated rings. The minimum Gasteiger partial charge on any atom is -0.537 e. The summed E-state index contributed by atoms with van der Waals surface area (Å²) in [5.74, 6) is 0.571. The van der Waals surface area contributed by atoms with E-state index < -0.39 is 0 Å². The largest absolute Gasteiger partial charge is 0.569 e. The molecule has 5 rings (SSSR count). The van der Waals surface area contributed by atoms with Gasteiger partial charge in [-0.25, -0.2) is 0 Å². The van der Waals surface area contributed by atoms with Crippen molar-refractivity contribution >= 4 is 24.7 Å². The Bertz CT molecular complexity index is 1340. The summed E-state index contributed by atoms with van der Waals surface area (Å²) in [5, 5.41) is 8.98. The lowest BCUT2D eigenvalue weighted by Gasteiger charge is -2.28. The monoisotopic (exact) mass is 440 g/mol. The van der Waals surface area contributed by atoms with Gasteiger partial charge >= 0.3 is 7.69 Å². The molecule has 0 aliphatic heterocycles. The zero-order chi connectivity index (χ0) is 23.2. The van der Waals surface area contributed by atoms with E-state index in [1.807, 2.05) is 36.4 Å². The van der Waals surface area contributed by atoms with Gasteiger partial charge in [-0.2, -0.15) is 0 Å². The van der Waals surface area contributed by atoms with E-state index in [-0.39, 0.29) is 0 Å². The van der Waals surface area contributed by atoms with Crippen LogP contribution in [0.5, 0.6) is 5.75 Å². The number of rotatable bonds is 7. The molecule has 1 radical (unpaired) electrons. The molecule has 0 bridgehead atoms. The van der Waals surface area contributed by atoms with Crippen LogP contribution in [0, 0.1) is 0 Å². The number of anilines is 3. The second kappa shape index (κ2) is 10.1. The van der Waals surface area contributed by atoms with Gasteiger partial charge in [-0.1, -0.05) is 91.0 Å². The molecule has 0 aliphatic carbocycles. The topological polar surface area (TPSA) is 32.7 Å². The third-order valence-corrected chi connectivity index (χ3v) is 5.75. The molecule has 5 aromatic rings. The summed E-state index contributed by atoms with van der Waals surface area (Å²) < 4.78 is 5.12. The minimum atomic E-state index is 0.571. The lowest BCUT2D eigenvalue weighted by atomic mass is 10.0. The molecule has 5 aromatic carbocycles. The standard InChI is InChI=1S/C30H23BNO2/c33-31-34-28-21-19-27(20-22-28)32(26-17-15-24(16-18-26)23-9-3-1-4-10-23)30-14-8-7-13-29(30)25-11-5-2-6-12-25/h1-22,33H. The third-order valence-electron chi connectivity index (χ3n) is 5.75. The number of nitrogens with zero attached hydrogens (tertiary/aromatic N) is 1. The highest BCUT2D eigenvalue weighted by atomic mass is 16.5. The van der Waals surface area contributed by atoms with Gasteiger partial charge in [0.05, 0.1) is 5.69 Å². The van der Waals surface area contributed by atoms with Crippen molar-refractivity contribution in [3.05, 3.63) is 133 Å². The van der Waals surface area contributed by atoms with Crippen LogP contribution in [-0.2, 0) is 0 Å². The highest BCUT2D eigenvalue weighted by molar-refractivity contribution is 6.17. The third kappa shape index (κ3) is 4.58. The van der Waals surface area contributed by atoms with Crippen molar-refractivity contribution in [3.8, 4) is 28.0 Å². The normalized spacial score (nSPS) is 10.5. The lowest BCUT2D eigenvalue weighted by Crippen LogP contribution is -2.11. The van der Waals surface area contributed by atoms with E-state index in [0.717, 1.165) is 28.2 Å². The maximum atomic E-state index is 8.98. The first-order valence-corrected chi connectivity index (χ1v) is 11.2. The van der Waals surface area contributed by atoms with Crippen LogP contribution in [0.3, 0.4) is 0 Å². The molecular formula is C30H23BNO2. The first kappa shape index (κ1) is 21.6. The Morgan fingerprint density at radius 1 is 0.500 bits per heavy atom. The molecule has 34 heavy (non-hydrogen) atoms. The smallest absolute Gasteiger partial charge is 0.537 e. The van der Waals surface area contributed by atoms with Gasteiger partial charge in [0.25, 0.3) is 0 Å². The van der Waals surface area contributed by atoms with Crippen LogP contribution in [0.2, 0.25) is 0 Å². The second-order valence-electron chi connectivity index (χ2n) is 7.85. The van der Waals surface area contributed by atoms with E-state index in [1.54, 1.807) is 0 Å². The van der Waals surface area contributed by atoms with Crippen molar-refractivity contribution in [3.63, 3.8) is 0 Å². The molecule has 1 N–H and O–H groups in total. The zero-order valence-corrected chi connectivity index (χ0v) is 18.6. The van der Waals surface area contributed by atoms with Crippen LogP contribution < -0.4 is 9.55 Å². The molecule has 0 atom stereocenters. The van der Waals surface area contributed by atoms with Gasteiger partial charge in [0, 0.05) is 16.9 Å². The molecule has 0 saturated carbocycles. The van der Waals surface area contributed by atoms with Crippen molar-refractivity contribution in [2.45, 2.75) is 0 Å². The predicted octanol–water partition coefficient (Wildman–Crippen LogP) is 7.40. The molecule has 0 unspecified atom stereocenters. The molecule has 0 aromatic heterocycles. The van der Waals surface area contributed by atoms with E-state index in [2.05, 4.69) is 102 Å². The molecule has 0 aliphatic rings. The van der Waals surface area contributed by atoms with Crippen LogP contribution in [-0.4, -0.2) is 12.7 Å². The van der Waals surface area contributed by atoms with Crippen LogP contribution in [0.4, 0.5) is 17.1 Å². The van der Waals surface area contributed by atoms with E-state index >= 15 is 0 Å². The second-order valence-corrected chi connectivity index (χ2v) is 7.85. The first-order valence-electron chi connectivity index (χ1n) is 11.2. The molecular weight excluding hydrogens is 417 g/mol. The maximum absolute atomic E-state index is 8.98. The Hall–Kier alpha value is -4.28. The van der Waals surface area contributed by atoms with Crippen LogP contribution in [0.25, 0.3) is 22.3 Å². The molecule has 4 heteroatoms. The highest BCUT2D eigenvalue weighted by Crippen LogP contribution is 2.41. The number of hydrogen-bond donors (Lipinski definition) is 1. The molecule has 163 valence electrons. The van der Waals surface area contributed by atoms with Crippen molar-refractivity contribution in [2.75, 3.05) is 4.90 Å². The van der Waals surface area contributed by atoms with Gasteiger partial charge in [0.2, 0.25) is 0 Å². The fraction of sp³-hybridized carbons (Fsp3) is 0. The summed E-state index contributed by atoms with van der Waals surface area (Å²) in [5.41, 5.74) is 7.75. The Balaban J connectivity index is 1.62. The fourth-order valence-electron chi connectivity index (χ4n) is 4.13. The summed E-state index contributed by atoms with van der Waals surface area (Å²) in [6.07, 6.45) is 0. The summed E-state index contributed by atoms with van der Waals surface area (Å²) >= 11 is 0. The van der Waals surface area contributed by atoms with Crippen LogP contribution in [0.1, 0.15) is 0 Å². The minimum absolute atomic E-state index is 0.571. The first-order chi connectivity index (χ1) is 16.8. The average molecular weight is 440 g/mol.